The standard InChI is InChI=1S/C23H19FN2O2S/c1-2-28-19-12-10-18(11-13-19)26-22(27)20-8-3-4-9-21(20)25-23(26)29-15-16-6-5-7-17(24)14-16/h3-14H,2,15H2,1H3. The molecule has 0 saturated heterocycles. The summed E-state index contributed by atoms with van der Waals surface area (Å²) in [5.41, 5.74) is 2.04. The molecule has 4 rings (SSSR count). The fourth-order valence-corrected chi connectivity index (χ4v) is 4.03. The van der Waals surface area contributed by atoms with Gasteiger partial charge in [-0.25, -0.2) is 9.37 Å². The number of para-hydroxylation sites is 1. The Hall–Kier alpha value is -3.12. The second-order valence-electron chi connectivity index (χ2n) is 6.40. The maximum absolute atomic E-state index is 13.5. The molecule has 0 atom stereocenters. The molecule has 0 amide bonds. The van der Waals surface area contributed by atoms with E-state index in [9.17, 15) is 9.18 Å². The SMILES string of the molecule is CCOc1ccc(-n2c(SCc3cccc(F)c3)nc3ccccc3c2=O)cc1. The van der Waals surface area contributed by atoms with E-state index < -0.39 is 0 Å². The molecule has 0 unspecified atom stereocenters. The first kappa shape index (κ1) is 19.2. The van der Waals surface area contributed by atoms with Crippen LogP contribution in [-0.2, 0) is 5.75 Å². The van der Waals surface area contributed by atoms with Gasteiger partial charge in [0.05, 0.1) is 23.2 Å². The third-order valence-electron chi connectivity index (χ3n) is 4.41. The van der Waals surface area contributed by atoms with Crippen LogP contribution in [0.3, 0.4) is 0 Å². The summed E-state index contributed by atoms with van der Waals surface area (Å²) in [7, 11) is 0. The molecule has 0 N–H and O–H groups in total. The summed E-state index contributed by atoms with van der Waals surface area (Å²) in [6, 6.07) is 21.1. The van der Waals surface area contributed by atoms with Crippen molar-refractivity contribution < 1.29 is 9.13 Å². The van der Waals surface area contributed by atoms with E-state index in [4.69, 9.17) is 9.72 Å². The van der Waals surface area contributed by atoms with Gasteiger partial charge in [-0.15, -0.1) is 0 Å². The van der Waals surface area contributed by atoms with E-state index in [0.29, 0.717) is 34.1 Å². The Balaban J connectivity index is 1.79. The van der Waals surface area contributed by atoms with Gasteiger partial charge in [-0.1, -0.05) is 36.0 Å². The quantitative estimate of drug-likeness (QED) is 0.325. The molecular weight excluding hydrogens is 387 g/mol. The minimum Gasteiger partial charge on any atom is -0.494 e. The number of rotatable bonds is 6. The maximum Gasteiger partial charge on any atom is 0.266 e. The number of nitrogens with zero attached hydrogens (tertiary/aromatic N) is 2. The van der Waals surface area contributed by atoms with Crippen LogP contribution in [-0.4, -0.2) is 16.2 Å². The molecule has 0 aliphatic heterocycles. The first-order valence-electron chi connectivity index (χ1n) is 9.28. The van der Waals surface area contributed by atoms with Crippen LogP contribution in [0.15, 0.2) is 82.7 Å². The minimum absolute atomic E-state index is 0.137. The zero-order valence-electron chi connectivity index (χ0n) is 15.8. The lowest BCUT2D eigenvalue weighted by atomic mass is 10.2. The predicted octanol–water partition coefficient (Wildman–Crippen LogP) is 5.22. The summed E-state index contributed by atoms with van der Waals surface area (Å²) < 4.78 is 20.6. The van der Waals surface area contributed by atoms with Crippen LogP contribution in [0.1, 0.15) is 12.5 Å². The summed E-state index contributed by atoms with van der Waals surface area (Å²) >= 11 is 1.40. The molecule has 0 aliphatic carbocycles. The predicted molar refractivity (Wildman–Crippen MR) is 114 cm³/mol. The fourth-order valence-electron chi connectivity index (χ4n) is 3.07. The highest BCUT2D eigenvalue weighted by Crippen LogP contribution is 2.25. The molecule has 29 heavy (non-hydrogen) atoms. The van der Waals surface area contributed by atoms with Crippen molar-refractivity contribution in [1.82, 2.24) is 9.55 Å². The molecule has 3 aromatic carbocycles. The second kappa shape index (κ2) is 8.49. The highest BCUT2D eigenvalue weighted by molar-refractivity contribution is 7.98. The maximum atomic E-state index is 13.5. The Bertz CT molecular complexity index is 1210. The van der Waals surface area contributed by atoms with Gasteiger partial charge in [0, 0.05) is 5.75 Å². The summed E-state index contributed by atoms with van der Waals surface area (Å²) in [5.74, 6) is 0.963. The van der Waals surface area contributed by atoms with Gasteiger partial charge < -0.3 is 4.74 Å². The number of hydrogen-bond donors (Lipinski definition) is 0. The van der Waals surface area contributed by atoms with Gasteiger partial charge in [0.1, 0.15) is 11.6 Å². The number of ether oxygens (including phenoxy) is 1. The molecule has 4 nitrogen and oxygen atoms in total. The normalized spacial score (nSPS) is 11.0. The Labute approximate surface area is 172 Å². The van der Waals surface area contributed by atoms with Gasteiger partial charge in [0.25, 0.3) is 5.56 Å². The van der Waals surface area contributed by atoms with Crippen LogP contribution in [0.25, 0.3) is 16.6 Å². The number of aromatic nitrogens is 2. The summed E-state index contributed by atoms with van der Waals surface area (Å²) in [6.45, 7) is 2.50. The minimum atomic E-state index is -0.279. The number of fused-ring (bicyclic) bond motifs is 1. The van der Waals surface area contributed by atoms with Crippen LogP contribution in [0.5, 0.6) is 5.75 Å². The molecule has 146 valence electrons. The number of halogens is 1. The zero-order chi connectivity index (χ0) is 20.2. The van der Waals surface area contributed by atoms with Gasteiger partial charge in [0.2, 0.25) is 0 Å². The highest BCUT2D eigenvalue weighted by atomic mass is 32.2. The first-order valence-corrected chi connectivity index (χ1v) is 10.3. The van der Waals surface area contributed by atoms with Gasteiger partial charge in [0.15, 0.2) is 5.16 Å². The van der Waals surface area contributed by atoms with Gasteiger partial charge in [-0.05, 0) is 61.0 Å². The highest BCUT2D eigenvalue weighted by Gasteiger charge is 2.14. The summed E-state index contributed by atoms with van der Waals surface area (Å²) in [6.07, 6.45) is 0. The largest absolute Gasteiger partial charge is 0.494 e. The molecule has 6 heteroatoms. The fraction of sp³-hybridized carbons (Fsp3) is 0.130. The average molecular weight is 406 g/mol. The summed E-state index contributed by atoms with van der Waals surface area (Å²) in [5, 5.41) is 1.11. The molecule has 1 heterocycles. The van der Waals surface area contributed by atoms with E-state index in [1.54, 1.807) is 16.7 Å². The van der Waals surface area contributed by atoms with E-state index >= 15 is 0 Å². The number of thioether (sulfide) groups is 1. The van der Waals surface area contributed by atoms with Crippen molar-refractivity contribution in [1.29, 1.82) is 0 Å². The molecule has 0 spiro atoms. The van der Waals surface area contributed by atoms with E-state index in [0.717, 1.165) is 11.3 Å². The molecule has 0 fully saturated rings. The first-order chi connectivity index (χ1) is 14.2. The lowest BCUT2D eigenvalue weighted by molar-refractivity contribution is 0.340. The molecule has 0 saturated carbocycles. The lowest BCUT2D eigenvalue weighted by Crippen LogP contribution is -2.21. The third-order valence-corrected chi connectivity index (χ3v) is 5.42. The molecule has 0 aliphatic rings. The molecule has 4 aromatic rings. The van der Waals surface area contributed by atoms with Crippen LogP contribution >= 0.6 is 11.8 Å². The van der Waals surface area contributed by atoms with Crippen molar-refractivity contribution in [3.8, 4) is 11.4 Å². The van der Waals surface area contributed by atoms with E-state index in [2.05, 4.69) is 0 Å². The van der Waals surface area contributed by atoms with E-state index in [-0.39, 0.29) is 11.4 Å². The summed E-state index contributed by atoms with van der Waals surface area (Å²) in [4.78, 5) is 18.0. The zero-order valence-corrected chi connectivity index (χ0v) is 16.7. The van der Waals surface area contributed by atoms with Crippen LogP contribution < -0.4 is 10.3 Å². The van der Waals surface area contributed by atoms with Crippen molar-refractivity contribution in [2.75, 3.05) is 6.61 Å². The molecule has 0 bridgehead atoms. The number of benzene rings is 3. The Morgan fingerprint density at radius 1 is 1.03 bits per heavy atom. The molecular formula is C23H19FN2O2S. The second-order valence-corrected chi connectivity index (χ2v) is 7.34. The van der Waals surface area contributed by atoms with Crippen molar-refractivity contribution in [2.24, 2.45) is 0 Å². The van der Waals surface area contributed by atoms with Crippen molar-refractivity contribution in [3.05, 3.63) is 94.5 Å². The van der Waals surface area contributed by atoms with E-state index in [1.165, 1.54) is 23.9 Å². The van der Waals surface area contributed by atoms with Crippen LogP contribution in [0, 0.1) is 5.82 Å². The van der Waals surface area contributed by atoms with Gasteiger partial charge in [-0.3, -0.25) is 9.36 Å². The van der Waals surface area contributed by atoms with Crippen LogP contribution in [0.2, 0.25) is 0 Å². The van der Waals surface area contributed by atoms with Gasteiger partial charge >= 0.3 is 0 Å². The van der Waals surface area contributed by atoms with Crippen molar-refractivity contribution >= 4 is 22.7 Å². The molecule has 0 radical (unpaired) electrons. The third kappa shape index (κ3) is 4.17. The average Bonchev–Trinajstić information content (AvgIpc) is 2.74. The van der Waals surface area contributed by atoms with Crippen molar-refractivity contribution in [3.63, 3.8) is 0 Å². The van der Waals surface area contributed by atoms with Gasteiger partial charge in [-0.2, -0.15) is 0 Å². The number of hydrogen-bond acceptors (Lipinski definition) is 4. The Morgan fingerprint density at radius 3 is 2.59 bits per heavy atom. The lowest BCUT2D eigenvalue weighted by Gasteiger charge is -2.14. The monoisotopic (exact) mass is 406 g/mol. The Morgan fingerprint density at radius 2 is 1.83 bits per heavy atom. The van der Waals surface area contributed by atoms with Crippen LogP contribution in [0.4, 0.5) is 4.39 Å². The smallest absolute Gasteiger partial charge is 0.266 e. The Kier molecular flexibility index (Phi) is 5.62. The van der Waals surface area contributed by atoms with E-state index in [1.807, 2.05) is 55.5 Å². The van der Waals surface area contributed by atoms with Crippen molar-refractivity contribution in [2.45, 2.75) is 17.8 Å². The topological polar surface area (TPSA) is 44.1 Å². The molecule has 1 aromatic heterocycles.